The third-order valence-corrected chi connectivity index (χ3v) is 3.97. The molecule has 0 aromatic heterocycles. The first-order valence-corrected chi connectivity index (χ1v) is 6.20. The highest BCUT2D eigenvalue weighted by molar-refractivity contribution is 14.0. The van der Waals surface area contributed by atoms with Gasteiger partial charge in [-0.3, -0.25) is 14.7 Å². The first-order chi connectivity index (χ1) is 8.61. The van der Waals surface area contributed by atoms with Gasteiger partial charge in [-0.15, -0.1) is 24.0 Å². The van der Waals surface area contributed by atoms with Gasteiger partial charge in [-0.25, -0.2) is 0 Å². The molecule has 1 unspecified atom stereocenters. The van der Waals surface area contributed by atoms with Crippen LogP contribution in [0.1, 0.15) is 5.56 Å². The number of anilines is 1. The Balaban J connectivity index is 0.00000133. The smallest absolute Gasteiger partial charge is 0.319 e. The molecule has 1 fully saturated rings. The van der Waals surface area contributed by atoms with Crippen LogP contribution in [0.3, 0.4) is 0 Å². The summed E-state index contributed by atoms with van der Waals surface area (Å²) in [7, 11) is 1.38. The summed E-state index contributed by atoms with van der Waals surface area (Å²) < 4.78 is 4.68. The molecule has 0 spiro atoms. The maximum atomic E-state index is 11.3. The van der Waals surface area contributed by atoms with Gasteiger partial charge in [-0.05, 0) is 12.1 Å². The Morgan fingerprint density at radius 2 is 2.26 bits per heavy atom. The highest BCUT2D eigenvalue weighted by Gasteiger charge is 2.45. The largest absolute Gasteiger partial charge is 0.468 e. The van der Waals surface area contributed by atoms with Crippen molar-refractivity contribution in [1.29, 1.82) is 0 Å². The van der Waals surface area contributed by atoms with Gasteiger partial charge >= 0.3 is 5.97 Å². The molecule has 8 heteroatoms. The van der Waals surface area contributed by atoms with E-state index in [0.717, 1.165) is 11.3 Å². The number of nitrogens with one attached hydrogen (secondary N) is 1. The van der Waals surface area contributed by atoms with Crippen molar-refractivity contribution in [2.45, 2.75) is 12.8 Å². The van der Waals surface area contributed by atoms with E-state index in [-0.39, 0.29) is 42.8 Å². The third kappa shape index (κ3) is 2.64. The average molecular weight is 416 g/mol. The second kappa shape index (κ2) is 5.61. The van der Waals surface area contributed by atoms with Crippen molar-refractivity contribution in [2.75, 3.05) is 18.7 Å². The maximum Gasteiger partial charge on any atom is 0.319 e. The van der Waals surface area contributed by atoms with Crippen molar-refractivity contribution in [1.82, 2.24) is 10.3 Å². The second-order valence-corrected chi connectivity index (χ2v) is 5.00. The Hall–Kier alpha value is -0.280. The standard InChI is InChI=1S/C11H11Cl2N3O2.HI/c1-18-9(17)5-15-4-6-8(16-11(15)14-16)3-2-7(12)10(6)13;/h2-3,11,14H,4-5H2,1H3;1H. The van der Waals surface area contributed by atoms with Crippen molar-refractivity contribution in [3.05, 3.63) is 27.7 Å². The molecule has 19 heavy (non-hydrogen) atoms. The fourth-order valence-electron chi connectivity index (χ4n) is 2.16. The van der Waals surface area contributed by atoms with E-state index in [2.05, 4.69) is 10.2 Å². The van der Waals surface area contributed by atoms with E-state index in [0.29, 0.717) is 16.6 Å². The molecule has 0 aliphatic carbocycles. The molecule has 0 bridgehead atoms. The zero-order chi connectivity index (χ0) is 12.9. The molecule has 2 heterocycles. The number of rotatable bonds is 2. The fourth-order valence-corrected chi connectivity index (χ4v) is 2.55. The predicted octanol–water partition coefficient (Wildman–Crippen LogP) is 2.21. The van der Waals surface area contributed by atoms with E-state index in [1.165, 1.54) is 7.11 Å². The minimum Gasteiger partial charge on any atom is -0.468 e. The van der Waals surface area contributed by atoms with Crippen LogP contribution in [-0.4, -0.2) is 30.8 Å². The lowest BCUT2D eigenvalue weighted by molar-refractivity contribution is -0.142. The molecule has 1 saturated heterocycles. The van der Waals surface area contributed by atoms with E-state index < -0.39 is 0 Å². The van der Waals surface area contributed by atoms with Gasteiger partial charge in [0.25, 0.3) is 0 Å². The van der Waals surface area contributed by atoms with Crippen LogP contribution in [0, 0.1) is 0 Å². The zero-order valence-electron chi connectivity index (χ0n) is 10.0. The molecule has 1 atom stereocenters. The number of ether oxygens (including phenoxy) is 1. The van der Waals surface area contributed by atoms with Crippen LogP contribution in [0.25, 0.3) is 0 Å². The number of esters is 1. The predicted molar refractivity (Wildman–Crippen MR) is 83.7 cm³/mol. The number of hydrogen-bond acceptors (Lipinski definition) is 5. The van der Waals surface area contributed by atoms with Crippen LogP contribution >= 0.6 is 47.2 Å². The molecule has 0 saturated carbocycles. The number of hydrogen-bond donors (Lipinski definition) is 1. The average Bonchev–Trinajstić information content (AvgIpc) is 3.14. The second-order valence-electron chi connectivity index (χ2n) is 4.21. The first kappa shape index (κ1) is 15.1. The van der Waals surface area contributed by atoms with Gasteiger partial charge in [0.05, 0.1) is 29.4 Å². The number of hydrazine groups is 1. The Kier molecular flexibility index (Phi) is 4.46. The van der Waals surface area contributed by atoms with Crippen LogP contribution < -0.4 is 10.4 Å². The molecule has 1 N–H and O–H groups in total. The normalized spacial score (nSPS) is 20.2. The van der Waals surface area contributed by atoms with Crippen LogP contribution in [-0.2, 0) is 16.1 Å². The lowest BCUT2D eigenvalue weighted by atomic mass is 10.1. The molecule has 0 amide bonds. The quantitative estimate of drug-likeness (QED) is 0.456. The number of carbonyl (C=O) groups is 1. The fraction of sp³-hybridized carbons (Fsp3) is 0.364. The summed E-state index contributed by atoms with van der Waals surface area (Å²) in [5.41, 5.74) is 5.10. The SMILES string of the molecule is COC(=O)CN1Cc2c(ccc(Cl)c2Cl)N2NC12.I. The van der Waals surface area contributed by atoms with Crippen LogP contribution in [0.4, 0.5) is 5.69 Å². The molecular formula is C11H12Cl2IN3O2. The summed E-state index contributed by atoms with van der Waals surface area (Å²) in [5, 5.41) is 3.01. The molecule has 0 radical (unpaired) electrons. The van der Waals surface area contributed by atoms with E-state index in [9.17, 15) is 4.79 Å². The summed E-state index contributed by atoms with van der Waals surface area (Å²) in [6, 6.07) is 3.70. The van der Waals surface area contributed by atoms with Crippen molar-refractivity contribution in [3.8, 4) is 0 Å². The number of benzene rings is 1. The molecule has 2 aliphatic rings. The Morgan fingerprint density at radius 1 is 1.53 bits per heavy atom. The minimum absolute atomic E-state index is 0. The minimum atomic E-state index is -0.273. The van der Waals surface area contributed by atoms with Crippen molar-refractivity contribution < 1.29 is 9.53 Å². The summed E-state index contributed by atoms with van der Waals surface area (Å²) >= 11 is 12.2. The molecule has 1 aromatic rings. The highest BCUT2D eigenvalue weighted by Crippen LogP contribution is 2.41. The molecule has 104 valence electrons. The summed E-state index contributed by atoms with van der Waals surface area (Å²) in [6.45, 7) is 0.783. The highest BCUT2D eigenvalue weighted by atomic mass is 127. The van der Waals surface area contributed by atoms with Gasteiger partial charge < -0.3 is 4.74 Å². The lowest BCUT2D eigenvalue weighted by Crippen LogP contribution is -2.37. The summed E-state index contributed by atoms with van der Waals surface area (Å²) in [5.74, 6) is -0.273. The maximum absolute atomic E-state index is 11.3. The van der Waals surface area contributed by atoms with Gasteiger partial charge in [0.2, 0.25) is 0 Å². The molecule has 5 nitrogen and oxygen atoms in total. The van der Waals surface area contributed by atoms with Gasteiger partial charge in [-0.1, -0.05) is 23.2 Å². The van der Waals surface area contributed by atoms with E-state index in [4.69, 9.17) is 23.2 Å². The van der Waals surface area contributed by atoms with Crippen molar-refractivity contribution >= 4 is 58.8 Å². The number of fused-ring (bicyclic) bond motifs is 3. The zero-order valence-corrected chi connectivity index (χ0v) is 13.9. The number of methoxy groups -OCH3 is 1. The first-order valence-electron chi connectivity index (χ1n) is 5.45. The topological polar surface area (TPSA) is 54.5 Å². The number of nitrogens with zero attached hydrogens (tertiary/aromatic N) is 2. The van der Waals surface area contributed by atoms with Crippen LogP contribution in [0.15, 0.2) is 12.1 Å². The number of carbonyl (C=O) groups excluding carboxylic acids is 1. The summed E-state index contributed by atoms with van der Waals surface area (Å²) in [6.07, 6.45) is 0.0360. The van der Waals surface area contributed by atoms with Crippen LogP contribution in [0.2, 0.25) is 10.0 Å². The monoisotopic (exact) mass is 415 g/mol. The van der Waals surface area contributed by atoms with E-state index >= 15 is 0 Å². The molecule has 2 aliphatic heterocycles. The Morgan fingerprint density at radius 3 is 2.95 bits per heavy atom. The van der Waals surface area contributed by atoms with Crippen LogP contribution in [0.5, 0.6) is 0 Å². The van der Waals surface area contributed by atoms with Gasteiger partial charge in [-0.2, -0.15) is 5.43 Å². The number of halogens is 3. The summed E-state index contributed by atoms with van der Waals surface area (Å²) in [4.78, 5) is 13.3. The van der Waals surface area contributed by atoms with E-state index in [1.54, 1.807) is 6.07 Å². The van der Waals surface area contributed by atoms with Gasteiger partial charge in [0.1, 0.15) is 0 Å². The Bertz CT molecular complexity index is 529. The van der Waals surface area contributed by atoms with Gasteiger partial charge in [0.15, 0.2) is 6.29 Å². The molecule has 3 rings (SSSR count). The third-order valence-electron chi connectivity index (χ3n) is 3.13. The van der Waals surface area contributed by atoms with E-state index in [1.807, 2.05) is 16.0 Å². The van der Waals surface area contributed by atoms with Gasteiger partial charge in [0, 0.05) is 12.1 Å². The Labute approximate surface area is 137 Å². The molecular weight excluding hydrogens is 404 g/mol. The van der Waals surface area contributed by atoms with Crippen molar-refractivity contribution in [2.24, 2.45) is 0 Å². The van der Waals surface area contributed by atoms with Crippen molar-refractivity contribution in [3.63, 3.8) is 0 Å². The molecule has 1 aromatic carbocycles. The lowest BCUT2D eigenvalue weighted by Gasteiger charge is -2.26.